The van der Waals surface area contributed by atoms with Crippen LogP contribution in [0.15, 0.2) is 24.3 Å². The van der Waals surface area contributed by atoms with Gasteiger partial charge in [0.05, 0.1) is 6.04 Å². The first-order chi connectivity index (χ1) is 13.9. The molecule has 1 atom stereocenters. The quantitative estimate of drug-likeness (QED) is 0.700. The predicted octanol–water partition coefficient (Wildman–Crippen LogP) is 3.43. The van der Waals surface area contributed by atoms with Crippen molar-refractivity contribution < 1.29 is 18.7 Å². The van der Waals surface area contributed by atoms with Gasteiger partial charge in [-0.15, -0.1) is 0 Å². The summed E-state index contributed by atoms with van der Waals surface area (Å²) in [5.74, 6) is 1.96. The average molecular weight is 403 g/mol. The molecule has 0 aliphatic heterocycles. The minimum absolute atomic E-state index is 0.138. The Morgan fingerprint density at radius 1 is 1.14 bits per heavy atom. The molecule has 2 amide bonds. The van der Waals surface area contributed by atoms with Gasteiger partial charge in [0.25, 0.3) is 0 Å². The summed E-state index contributed by atoms with van der Waals surface area (Å²) in [5, 5.41) is 5.87. The molecule has 4 aliphatic carbocycles. The van der Waals surface area contributed by atoms with Gasteiger partial charge in [-0.2, -0.15) is 0 Å². The lowest BCUT2D eigenvalue weighted by Gasteiger charge is -2.55. The van der Waals surface area contributed by atoms with E-state index in [9.17, 15) is 14.0 Å². The van der Waals surface area contributed by atoms with E-state index in [1.807, 2.05) is 6.92 Å². The molecule has 0 radical (unpaired) electrons. The minimum Gasteiger partial charge on any atom is -0.488 e. The Morgan fingerprint density at radius 2 is 1.76 bits per heavy atom. The number of hydrogen-bond donors (Lipinski definition) is 2. The van der Waals surface area contributed by atoms with Crippen molar-refractivity contribution in [3.05, 3.63) is 30.1 Å². The monoisotopic (exact) mass is 402 g/mol. The Labute approximate surface area is 171 Å². The largest absolute Gasteiger partial charge is 0.488 e. The molecule has 1 aromatic rings. The number of benzene rings is 1. The molecule has 2 N–H and O–H groups in total. The van der Waals surface area contributed by atoms with Gasteiger partial charge in [-0.25, -0.2) is 4.39 Å². The van der Waals surface area contributed by atoms with Gasteiger partial charge in [0.2, 0.25) is 11.8 Å². The predicted molar refractivity (Wildman–Crippen MR) is 108 cm³/mol. The standard InChI is InChI=1S/C23H31FN2O3/c1-15(14-29-20-5-3-2-4-19(20)24)26-21(27)6-7-25-22(28)23-11-16-8-17(12-23)10-18(9-16)13-23/h2-5,15-18H,6-14H2,1H3,(H,25,28)(H,26,27). The zero-order valence-electron chi connectivity index (χ0n) is 17.1. The molecule has 158 valence electrons. The summed E-state index contributed by atoms with van der Waals surface area (Å²) in [5.41, 5.74) is -0.174. The van der Waals surface area contributed by atoms with Crippen molar-refractivity contribution in [3.63, 3.8) is 0 Å². The van der Waals surface area contributed by atoms with Gasteiger partial charge in [0.15, 0.2) is 11.6 Å². The van der Waals surface area contributed by atoms with Crippen LogP contribution in [0.25, 0.3) is 0 Å². The zero-order chi connectivity index (χ0) is 20.4. The second-order valence-electron chi connectivity index (χ2n) is 9.41. The summed E-state index contributed by atoms with van der Waals surface area (Å²) >= 11 is 0. The van der Waals surface area contributed by atoms with Gasteiger partial charge in [-0.3, -0.25) is 9.59 Å². The van der Waals surface area contributed by atoms with E-state index in [0.29, 0.717) is 6.54 Å². The van der Waals surface area contributed by atoms with E-state index in [2.05, 4.69) is 10.6 Å². The molecule has 0 saturated heterocycles. The average Bonchev–Trinajstić information content (AvgIpc) is 2.66. The van der Waals surface area contributed by atoms with Crippen molar-refractivity contribution >= 4 is 11.8 Å². The molecule has 5 rings (SSSR count). The lowest BCUT2D eigenvalue weighted by molar-refractivity contribution is -0.146. The molecular weight excluding hydrogens is 371 g/mol. The second-order valence-corrected chi connectivity index (χ2v) is 9.41. The maximum Gasteiger partial charge on any atom is 0.226 e. The molecule has 0 aromatic heterocycles. The Hall–Kier alpha value is -2.11. The van der Waals surface area contributed by atoms with Crippen LogP contribution in [0, 0.1) is 29.0 Å². The summed E-state index contributed by atoms with van der Waals surface area (Å²) in [4.78, 5) is 25.1. The number of ether oxygens (including phenoxy) is 1. The summed E-state index contributed by atoms with van der Waals surface area (Å²) in [6.45, 7) is 2.35. The van der Waals surface area contributed by atoms with E-state index in [1.54, 1.807) is 18.2 Å². The highest BCUT2D eigenvalue weighted by atomic mass is 19.1. The lowest BCUT2D eigenvalue weighted by Crippen LogP contribution is -2.53. The van der Waals surface area contributed by atoms with Gasteiger partial charge in [0.1, 0.15) is 6.61 Å². The van der Waals surface area contributed by atoms with Gasteiger partial charge >= 0.3 is 0 Å². The number of halogens is 1. The van der Waals surface area contributed by atoms with Crippen LogP contribution in [0.4, 0.5) is 4.39 Å². The van der Waals surface area contributed by atoms with E-state index < -0.39 is 5.82 Å². The topological polar surface area (TPSA) is 67.4 Å². The maximum atomic E-state index is 13.6. The van der Waals surface area contributed by atoms with E-state index in [0.717, 1.165) is 37.0 Å². The highest BCUT2D eigenvalue weighted by Gasteiger charge is 2.54. The maximum absolute atomic E-state index is 13.6. The molecule has 4 aliphatic rings. The fourth-order valence-corrected chi connectivity index (χ4v) is 6.03. The van der Waals surface area contributed by atoms with E-state index in [1.165, 1.54) is 25.3 Å². The summed E-state index contributed by atoms with van der Waals surface area (Å²) in [6.07, 6.45) is 7.25. The second kappa shape index (κ2) is 8.33. The SMILES string of the molecule is CC(COc1ccccc1F)NC(=O)CCNC(=O)C12CC3CC(CC(C3)C1)C2. The smallest absolute Gasteiger partial charge is 0.226 e. The van der Waals surface area contributed by atoms with Crippen molar-refractivity contribution in [2.45, 2.75) is 57.9 Å². The highest BCUT2D eigenvalue weighted by Crippen LogP contribution is 2.60. The molecule has 0 spiro atoms. The van der Waals surface area contributed by atoms with Crippen molar-refractivity contribution in [3.8, 4) is 5.75 Å². The molecule has 1 aromatic carbocycles. The third kappa shape index (κ3) is 4.57. The van der Waals surface area contributed by atoms with Crippen LogP contribution in [0.3, 0.4) is 0 Å². The first kappa shape index (κ1) is 20.2. The van der Waals surface area contributed by atoms with Crippen LogP contribution in [-0.4, -0.2) is 31.0 Å². The zero-order valence-corrected chi connectivity index (χ0v) is 17.1. The fourth-order valence-electron chi connectivity index (χ4n) is 6.03. The van der Waals surface area contributed by atoms with Crippen molar-refractivity contribution in [2.75, 3.05) is 13.2 Å². The highest BCUT2D eigenvalue weighted by molar-refractivity contribution is 5.84. The van der Waals surface area contributed by atoms with Gasteiger partial charge in [0, 0.05) is 18.4 Å². The number of amides is 2. The molecule has 1 unspecified atom stereocenters. The number of carbonyl (C=O) groups excluding carboxylic acids is 2. The van der Waals surface area contributed by atoms with Crippen molar-refractivity contribution in [2.24, 2.45) is 23.2 Å². The third-order valence-corrected chi connectivity index (χ3v) is 6.89. The Kier molecular flexibility index (Phi) is 5.79. The number of rotatable bonds is 8. The van der Waals surface area contributed by atoms with Gasteiger partial charge < -0.3 is 15.4 Å². The Balaban J connectivity index is 1.17. The number of hydrogen-bond acceptors (Lipinski definition) is 3. The molecular formula is C23H31FN2O3. The lowest BCUT2D eigenvalue weighted by atomic mass is 9.49. The molecule has 6 heteroatoms. The Morgan fingerprint density at radius 3 is 2.38 bits per heavy atom. The van der Waals surface area contributed by atoms with Crippen molar-refractivity contribution in [1.29, 1.82) is 0 Å². The van der Waals surface area contributed by atoms with E-state index >= 15 is 0 Å². The number of para-hydroxylation sites is 1. The molecule has 5 nitrogen and oxygen atoms in total. The van der Waals surface area contributed by atoms with Crippen LogP contribution in [0.1, 0.15) is 51.9 Å². The van der Waals surface area contributed by atoms with Crippen LogP contribution < -0.4 is 15.4 Å². The molecule has 0 heterocycles. The van der Waals surface area contributed by atoms with Crippen LogP contribution in [0.5, 0.6) is 5.75 Å². The molecule has 4 bridgehead atoms. The number of carbonyl (C=O) groups is 2. The molecule has 29 heavy (non-hydrogen) atoms. The normalized spacial score (nSPS) is 30.6. The van der Waals surface area contributed by atoms with Gasteiger partial charge in [-0.05, 0) is 75.3 Å². The first-order valence-corrected chi connectivity index (χ1v) is 10.9. The number of nitrogens with one attached hydrogen (secondary N) is 2. The summed E-state index contributed by atoms with van der Waals surface area (Å²) in [7, 11) is 0. The van der Waals surface area contributed by atoms with Gasteiger partial charge in [-0.1, -0.05) is 12.1 Å². The van der Waals surface area contributed by atoms with Crippen molar-refractivity contribution in [1.82, 2.24) is 10.6 Å². The first-order valence-electron chi connectivity index (χ1n) is 10.9. The van der Waals surface area contributed by atoms with E-state index in [-0.39, 0.29) is 42.0 Å². The fraction of sp³-hybridized carbons (Fsp3) is 0.652. The van der Waals surface area contributed by atoms with Crippen LogP contribution >= 0.6 is 0 Å². The molecule has 4 fully saturated rings. The summed E-state index contributed by atoms with van der Waals surface area (Å²) in [6, 6.07) is 5.95. The summed E-state index contributed by atoms with van der Waals surface area (Å²) < 4.78 is 19.0. The molecule has 4 saturated carbocycles. The third-order valence-electron chi connectivity index (χ3n) is 6.89. The Bertz CT molecular complexity index is 731. The van der Waals surface area contributed by atoms with E-state index in [4.69, 9.17) is 4.74 Å². The minimum atomic E-state index is -0.418. The van der Waals surface area contributed by atoms with Crippen LogP contribution in [0.2, 0.25) is 0 Å². The van der Waals surface area contributed by atoms with Crippen LogP contribution in [-0.2, 0) is 9.59 Å².